The van der Waals surface area contributed by atoms with Crippen LogP contribution in [0.1, 0.15) is 24.4 Å². The Balaban J connectivity index is 1.48. The second-order valence-corrected chi connectivity index (χ2v) is 9.34. The van der Waals surface area contributed by atoms with Gasteiger partial charge < -0.3 is 20.9 Å². The smallest absolute Gasteiger partial charge is 0.314 e. The monoisotopic (exact) mass is 477 g/mol. The zero-order valence-electron chi connectivity index (χ0n) is 20.1. The van der Waals surface area contributed by atoms with Crippen LogP contribution in [0.15, 0.2) is 67.1 Å². The van der Waals surface area contributed by atoms with E-state index in [-0.39, 0.29) is 12.1 Å². The van der Waals surface area contributed by atoms with E-state index in [2.05, 4.69) is 64.1 Å². The molecule has 0 unspecified atom stereocenters. The molecular formula is C28H27N7O. The molecule has 1 aliphatic heterocycles. The Kier molecular flexibility index (Phi) is 5.29. The van der Waals surface area contributed by atoms with Crippen molar-refractivity contribution in [2.75, 3.05) is 18.8 Å². The van der Waals surface area contributed by atoms with Crippen molar-refractivity contribution in [3.05, 3.63) is 72.7 Å². The fraction of sp³-hybridized carbons (Fsp3) is 0.214. The topological polar surface area (TPSA) is 116 Å². The molecule has 0 radical (unpaired) electrons. The Morgan fingerprint density at radius 3 is 2.47 bits per heavy atom. The third-order valence-corrected chi connectivity index (χ3v) is 7.28. The molecule has 2 aromatic carbocycles. The first kappa shape index (κ1) is 22.0. The minimum Gasteiger partial charge on any atom is -0.383 e. The number of nitrogen functional groups attached to an aromatic ring is 1. The third-order valence-electron chi connectivity index (χ3n) is 7.28. The van der Waals surface area contributed by atoms with Gasteiger partial charge in [-0.3, -0.25) is 0 Å². The molecule has 3 aromatic heterocycles. The summed E-state index contributed by atoms with van der Waals surface area (Å²) in [5.41, 5.74) is 18.8. The molecule has 1 fully saturated rings. The van der Waals surface area contributed by atoms with E-state index in [0.29, 0.717) is 18.9 Å². The highest BCUT2D eigenvalue weighted by molar-refractivity contribution is 6.03. The summed E-state index contributed by atoms with van der Waals surface area (Å²) in [5.74, 6) is 0.453. The number of primary amides is 1. The number of likely N-dealkylation sites (tertiary alicyclic amines) is 1. The molecule has 8 heteroatoms. The number of piperidine rings is 1. The van der Waals surface area contributed by atoms with Crippen molar-refractivity contribution >= 4 is 33.8 Å². The van der Waals surface area contributed by atoms with Crippen molar-refractivity contribution in [1.82, 2.24) is 24.4 Å². The first-order valence-corrected chi connectivity index (χ1v) is 12.1. The van der Waals surface area contributed by atoms with Gasteiger partial charge in [0.1, 0.15) is 17.8 Å². The summed E-state index contributed by atoms with van der Waals surface area (Å²) in [4.78, 5) is 27.2. The van der Waals surface area contributed by atoms with Crippen LogP contribution in [0.4, 0.5) is 10.6 Å². The van der Waals surface area contributed by atoms with Gasteiger partial charge in [-0.15, -0.1) is 0 Å². The van der Waals surface area contributed by atoms with Crippen molar-refractivity contribution in [3.63, 3.8) is 0 Å². The van der Waals surface area contributed by atoms with Gasteiger partial charge in [0.15, 0.2) is 0 Å². The largest absolute Gasteiger partial charge is 0.383 e. The number of nitrogens with zero attached hydrogens (tertiary/aromatic N) is 5. The van der Waals surface area contributed by atoms with Crippen LogP contribution in [0, 0.1) is 6.92 Å². The van der Waals surface area contributed by atoms with Gasteiger partial charge in [0.25, 0.3) is 0 Å². The number of hydrogen-bond acceptors (Lipinski definition) is 5. The highest BCUT2D eigenvalue weighted by Crippen LogP contribution is 2.39. The van der Waals surface area contributed by atoms with Crippen LogP contribution in [0.3, 0.4) is 0 Å². The minimum atomic E-state index is -0.368. The lowest BCUT2D eigenvalue weighted by Gasteiger charge is -2.31. The van der Waals surface area contributed by atoms with E-state index in [1.54, 1.807) is 4.90 Å². The average molecular weight is 478 g/mol. The molecule has 0 spiro atoms. The van der Waals surface area contributed by atoms with Crippen LogP contribution >= 0.6 is 0 Å². The van der Waals surface area contributed by atoms with Crippen LogP contribution in [0.5, 0.6) is 0 Å². The summed E-state index contributed by atoms with van der Waals surface area (Å²) in [6.07, 6.45) is 5.25. The molecule has 0 atom stereocenters. The predicted octanol–water partition coefficient (Wildman–Crippen LogP) is 4.92. The molecule has 0 aliphatic carbocycles. The van der Waals surface area contributed by atoms with Gasteiger partial charge >= 0.3 is 6.03 Å². The Bertz CT molecular complexity index is 1600. The van der Waals surface area contributed by atoms with Crippen molar-refractivity contribution in [2.45, 2.75) is 25.8 Å². The third kappa shape index (κ3) is 3.62. The van der Waals surface area contributed by atoms with Crippen molar-refractivity contribution < 1.29 is 4.79 Å². The highest BCUT2D eigenvalue weighted by Gasteiger charge is 2.26. The lowest BCUT2D eigenvalue weighted by molar-refractivity contribution is 0.181. The zero-order valence-corrected chi connectivity index (χ0v) is 20.1. The van der Waals surface area contributed by atoms with Gasteiger partial charge in [-0.1, -0.05) is 48.5 Å². The predicted molar refractivity (Wildman–Crippen MR) is 142 cm³/mol. The second-order valence-electron chi connectivity index (χ2n) is 9.34. The number of rotatable bonds is 3. The van der Waals surface area contributed by atoms with E-state index < -0.39 is 0 Å². The Labute approximate surface area is 208 Å². The van der Waals surface area contributed by atoms with Gasteiger partial charge in [0.05, 0.1) is 16.6 Å². The van der Waals surface area contributed by atoms with Gasteiger partial charge in [-0.2, -0.15) is 0 Å². The molecular weight excluding hydrogens is 450 g/mol. The Morgan fingerprint density at radius 1 is 0.972 bits per heavy atom. The summed E-state index contributed by atoms with van der Waals surface area (Å²) in [5, 5.41) is 1.93. The number of pyridine rings is 1. The summed E-state index contributed by atoms with van der Waals surface area (Å²) in [7, 11) is 0. The van der Waals surface area contributed by atoms with Crippen LogP contribution in [0.25, 0.3) is 44.3 Å². The molecule has 1 aliphatic rings. The molecule has 180 valence electrons. The van der Waals surface area contributed by atoms with Crippen LogP contribution < -0.4 is 11.5 Å². The number of fused-ring (bicyclic) bond motifs is 2. The number of nitrogens with two attached hydrogens (primary N) is 2. The maximum absolute atomic E-state index is 11.6. The molecule has 8 nitrogen and oxygen atoms in total. The molecule has 0 saturated carbocycles. The number of carbonyl (C=O) groups excluding carboxylic acids is 1. The van der Waals surface area contributed by atoms with E-state index in [4.69, 9.17) is 16.5 Å². The van der Waals surface area contributed by atoms with Crippen molar-refractivity contribution in [3.8, 4) is 22.4 Å². The molecule has 1 saturated heterocycles. The first-order valence-electron chi connectivity index (χ1n) is 12.1. The zero-order chi connectivity index (χ0) is 24.8. The van der Waals surface area contributed by atoms with Crippen LogP contribution in [-0.2, 0) is 0 Å². The molecule has 2 amide bonds. The van der Waals surface area contributed by atoms with Gasteiger partial charge in [-0.05, 0) is 37.0 Å². The summed E-state index contributed by atoms with van der Waals surface area (Å²) >= 11 is 0. The number of aryl methyl sites for hydroxylation is 1. The standard InChI is InChI=1S/C28H27N7O/c1-17-21(9-7-19-8-10-23(33-25(17)19)18-5-3-2-4-6-18)22-15-35(27-24(22)26(29)31-16-32-27)20-11-13-34(14-12-20)28(30)36/h2-10,15-16,20H,11-14H2,1H3,(H2,30,36)(H2,29,31,32). The number of amides is 2. The number of anilines is 1. The van der Waals surface area contributed by atoms with Crippen LogP contribution in [-0.4, -0.2) is 43.5 Å². The quantitative estimate of drug-likeness (QED) is 0.383. The fourth-order valence-corrected chi connectivity index (χ4v) is 5.35. The van der Waals surface area contributed by atoms with E-state index in [9.17, 15) is 4.79 Å². The summed E-state index contributed by atoms with van der Waals surface area (Å²) < 4.78 is 2.19. The van der Waals surface area contributed by atoms with Crippen molar-refractivity contribution in [1.29, 1.82) is 0 Å². The highest BCUT2D eigenvalue weighted by atomic mass is 16.2. The minimum absolute atomic E-state index is 0.190. The van der Waals surface area contributed by atoms with Gasteiger partial charge in [-0.25, -0.2) is 19.7 Å². The Hall–Kier alpha value is -4.46. The molecule has 4 heterocycles. The number of aromatic nitrogens is 4. The summed E-state index contributed by atoms with van der Waals surface area (Å²) in [6.45, 7) is 3.35. The molecule has 36 heavy (non-hydrogen) atoms. The van der Waals surface area contributed by atoms with E-state index >= 15 is 0 Å². The molecule has 0 bridgehead atoms. The van der Waals surface area contributed by atoms with Gasteiger partial charge in [0, 0.05) is 41.8 Å². The SMILES string of the molecule is Cc1c(-c2cn(C3CCN(C(N)=O)CC3)c3ncnc(N)c23)ccc2ccc(-c3ccccc3)nc12. The van der Waals surface area contributed by atoms with Crippen LogP contribution in [0.2, 0.25) is 0 Å². The molecule has 6 rings (SSSR count). The molecule has 5 aromatic rings. The maximum Gasteiger partial charge on any atom is 0.314 e. The van der Waals surface area contributed by atoms with E-state index in [1.165, 1.54) is 6.33 Å². The normalized spacial score (nSPS) is 14.5. The number of urea groups is 1. The lowest BCUT2D eigenvalue weighted by Crippen LogP contribution is -2.42. The summed E-state index contributed by atoms with van der Waals surface area (Å²) in [6, 6.07) is 18.4. The second kappa shape index (κ2) is 8.64. The molecule has 4 N–H and O–H groups in total. The average Bonchev–Trinajstić information content (AvgIpc) is 3.30. The number of carbonyl (C=O) groups is 1. The first-order chi connectivity index (χ1) is 17.5. The lowest BCUT2D eigenvalue weighted by atomic mass is 9.97. The van der Waals surface area contributed by atoms with Gasteiger partial charge in [0.2, 0.25) is 0 Å². The number of hydrogen-bond donors (Lipinski definition) is 2. The van der Waals surface area contributed by atoms with Crippen molar-refractivity contribution in [2.24, 2.45) is 5.73 Å². The number of benzene rings is 2. The fourth-order valence-electron chi connectivity index (χ4n) is 5.35. The van der Waals surface area contributed by atoms with E-state index in [0.717, 1.165) is 62.7 Å². The van der Waals surface area contributed by atoms with E-state index in [1.807, 2.05) is 18.2 Å². The Morgan fingerprint density at radius 2 is 1.72 bits per heavy atom. The maximum atomic E-state index is 11.6.